The molecule has 3 rings (SSSR count). The summed E-state index contributed by atoms with van der Waals surface area (Å²) < 4.78 is 1.00. The summed E-state index contributed by atoms with van der Waals surface area (Å²) in [6, 6.07) is 5.65. The molecule has 17 heavy (non-hydrogen) atoms. The molecule has 1 aliphatic heterocycles. The Hall–Kier alpha value is -0.780. The maximum absolute atomic E-state index is 11.8. The van der Waals surface area contributed by atoms with Crippen molar-refractivity contribution in [1.29, 1.82) is 0 Å². The Bertz CT molecular complexity index is 598. The lowest BCUT2D eigenvalue weighted by molar-refractivity contribution is -0.117. The number of anilines is 1. The summed E-state index contributed by atoms with van der Waals surface area (Å²) in [4.78, 5) is 17.9. The van der Waals surface area contributed by atoms with Gasteiger partial charge in [-0.1, -0.05) is 29.0 Å². The fraction of sp³-hybridized carbons (Fsp3) is 0.273. The molecule has 0 bridgehead atoms. The van der Waals surface area contributed by atoms with E-state index in [2.05, 4.69) is 17.6 Å². The molecule has 3 nitrogen and oxygen atoms in total. The Morgan fingerprint density at radius 3 is 3.00 bits per heavy atom. The van der Waals surface area contributed by atoms with Gasteiger partial charge in [-0.05, 0) is 12.1 Å². The molecule has 1 fully saturated rings. The molecule has 0 N–H and O–H groups in total. The Labute approximate surface area is 113 Å². The van der Waals surface area contributed by atoms with Crippen LogP contribution in [0.4, 0.5) is 5.13 Å². The molecule has 88 valence electrons. The van der Waals surface area contributed by atoms with Crippen LogP contribution in [0.15, 0.2) is 18.2 Å². The predicted molar refractivity (Wildman–Crippen MR) is 74.4 cm³/mol. The molecule has 2 aromatic rings. The number of aromatic nitrogens is 1. The Morgan fingerprint density at radius 2 is 2.35 bits per heavy atom. The summed E-state index contributed by atoms with van der Waals surface area (Å²) in [7, 11) is 0. The molecule has 0 aliphatic carbocycles. The van der Waals surface area contributed by atoms with Gasteiger partial charge in [-0.3, -0.25) is 9.69 Å². The van der Waals surface area contributed by atoms with Crippen molar-refractivity contribution in [2.24, 2.45) is 0 Å². The van der Waals surface area contributed by atoms with E-state index in [4.69, 9.17) is 11.6 Å². The standard InChI is InChI=1S/C11H9ClN2OS2/c12-7-2-1-3-8-10(7)13-11(17-8)14-5-6(16)4-9(14)15/h1-3,6,16H,4-5H2. The highest BCUT2D eigenvalue weighted by Gasteiger charge is 2.30. The molecule has 0 spiro atoms. The molecule has 6 heteroatoms. The minimum Gasteiger partial charge on any atom is -0.287 e. The summed E-state index contributed by atoms with van der Waals surface area (Å²) >= 11 is 11.9. The van der Waals surface area contributed by atoms with Crippen LogP contribution in [0.25, 0.3) is 10.2 Å². The van der Waals surface area contributed by atoms with E-state index in [1.54, 1.807) is 11.0 Å². The lowest BCUT2D eigenvalue weighted by Gasteiger charge is -2.10. The summed E-state index contributed by atoms with van der Waals surface area (Å²) in [5.41, 5.74) is 0.768. The minimum absolute atomic E-state index is 0.0835. The molecule has 2 heterocycles. The molecule has 1 unspecified atom stereocenters. The van der Waals surface area contributed by atoms with Crippen molar-refractivity contribution < 1.29 is 4.79 Å². The van der Waals surface area contributed by atoms with E-state index in [-0.39, 0.29) is 11.2 Å². The zero-order chi connectivity index (χ0) is 12.0. The summed E-state index contributed by atoms with van der Waals surface area (Å²) in [6.07, 6.45) is 0.479. The van der Waals surface area contributed by atoms with Crippen molar-refractivity contribution in [3.05, 3.63) is 23.2 Å². The highest BCUT2D eigenvalue weighted by Crippen LogP contribution is 2.34. The first kappa shape index (κ1) is 11.3. The van der Waals surface area contributed by atoms with Crippen LogP contribution in [0.3, 0.4) is 0 Å². The Morgan fingerprint density at radius 1 is 1.53 bits per heavy atom. The van der Waals surface area contributed by atoms with Crippen molar-refractivity contribution in [1.82, 2.24) is 4.98 Å². The second-order valence-corrected chi connectivity index (χ2v) is 6.09. The molecular weight excluding hydrogens is 276 g/mol. The lowest BCUT2D eigenvalue weighted by Crippen LogP contribution is -2.24. The smallest absolute Gasteiger partial charge is 0.229 e. The van der Waals surface area contributed by atoms with Gasteiger partial charge in [0.15, 0.2) is 5.13 Å². The van der Waals surface area contributed by atoms with Gasteiger partial charge >= 0.3 is 0 Å². The van der Waals surface area contributed by atoms with Crippen molar-refractivity contribution in [3.8, 4) is 0 Å². The number of carbonyl (C=O) groups excluding carboxylic acids is 1. The number of carbonyl (C=O) groups is 1. The van der Waals surface area contributed by atoms with Gasteiger partial charge in [-0.2, -0.15) is 12.6 Å². The number of thiazole rings is 1. The average Bonchev–Trinajstić information content (AvgIpc) is 2.82. The van der Waals surface area contributed by atoms with Gasteiger partial charge in [0.25, 0.3) is 0 Å². The van der Waals surface area contributed by atoms with Gasteiger partial charge in [0.1, 0.15) is 5.52 Å². The van der Waals surface area contributed by atoms with Gasteiger partial charge in [-0.15, -0.1) is 0 Å². The third kappa shape index (κ3) is 1.92. The molecule has 0 saturated carbocycles. The van der Waals surface area contributed by atoms with Crippen LogP contribution in [-0.2, 0) is 4.79 Å². The quantitative estimate of drug-likeness (QED) is 0.817. The third-order valence-corrected chi connectivity index (χ3v) is 4.39. The SMILES string of the molecule is O=C1CC(S)CN1c1nc2c(Cl)cccc2s1. The van der Waals surface area contributed by atoms with Crippen LogP contribution in [0.5, 0.6) is 0 Å². The lowest BCUT2D eigenvalue weighted by atomic mass is 10.3. The topological polar surface area (TPSA) is 33.2 Å². The largest absolute Gasteiger partial charge is 0.287 e. The van der Waals surface area contributed by atoms with Gasteiger partial charge in [0.05, 0.1) is 9.72 Å². The predicted octanol–water partition coefficient (Wildman–Crippen LogP) is 2.98. The van der Waals surface area contributed by atoms with Crippen molar-refractivity contribution in [3.63, 3.8) is 0 Å². The summed E-state index contributed by atoms with van der Waals surface area (Å²) in [5.74, 6) is 0.0835. The number of halogens is 1. The highest BCUT2D eigenvalue weighted by molar-refractivity contribution is 7.81. The second-order valence-electron chi connectivity index (χ2n) is 3.95. The van der Waals surface area contributed by atoms with E-state index in [0.717, 1.165) is 15.3 Å². The normalized spacial score (nSPS) is 20.5. The number of hydrogen-bond donors (Lipinski definition) is 1. The van der Waals surface area contributed by atoms with Gasteiger partial charge in [0, 0.05) is 18.2 Å². The molecular formula is C11H9ClN2OS2. The van der Waals surface area contributed by atoms with E-state index in [0.29, 0.717) is 18.0 Å². The molecule has 1 saturated heterocycles. The van der Waals surface area contributed by atoms with Crippen LogP contribution >= 0.6 is 35.6 Å². The summed E-state index contributed by atoms with van der Waals surface area (Å²) in [6.45, 7) is 0.624. The van der Waals surface area contributed by atoms with E-state index in [9.17, 15) is 4.79 Å². The van der Waals surface area contributed by atoms with Crippen LogP contribution in [0.1, 0.15) is 6.42 Å². The zero-order valence-electron chi connectivity index (χ0n) is 8.76. The number of rotatable bonds is 1. The highest BCUT2D eigenvalue weighted by atomic mass is 35.5. The van der Waals surface area contributed by atoms with Crippen molar-refractivity contribution >= 4 is 56.8 Å². The third-order valence-electron chi connectivity index (χ3n) is 2.69. The summed E-state index contributed by atoms with van der Waals surface area (Å²) in [5, 5.41) is 1.44. The van der Waals surface area contributed by atoms with Gasteiger partial charge in [0.2, 0.25) is 5.91 Å². The van der Waals surface area contributed by atoms with Gasteiger partial charge < -0.3 is 0 Å². The maximum Gasteiger partial charge on any atom is 0.229 e. The molecule has 1 aliphatic rings. The van der Waals surface area contributed by atoms with Gasteiger partial charge in [-0.25, -0.2) is 4.98 Å². The first-order valence-corrected chi connectivity index (χ1v) is 6.90. The van der Waals surface area contributed by atoms with Crippen LogP contribution in [-0.4, -0.2) is 22.7 Å². The molecule has 0 radical (unpaired) electrons. The fourth-order valence-electron chi connectivity index (χ4n) is 1.89. The van der Waals surface area contributed by atoms with E-state index in [1.165, 1.54) is 11.3 Å². The number of fused-ring (bicyclic) bond motifs is 1. The Balaban J connectivity index is 2.07. The van der Waals surface area contributed by atoms with Crippen LogP contribution in [0, 0.1) is 0 Å². The molecule has 1 aromatic heterocycles. The Kier molecular flexibility index (Phi) is 2.77. The first-order valence-electron chi connectivity index (χ1n) is 5.18. The zero-order valence-corrected chi connectivity index (χ0v) is 11.2. The van der Waals surface area contributed by atoms with E-state index < -0.39 is 0 Å². The average molecular weight is 285 g/mol. The number of para-hydroxylation sites is 1. The first-order chi connectivity index (χ1) is 8.15. The number of thiol groups is 1. The number of nitrogens with zero attached hydrogens (tertiary/aromatic N) is 2. The molecule has 1 amide bonds. The molecule has 1 aromatic carbocycles. The van der Waals surface area contributed by atoms with Crippen molar-refractivity contribution in [2.45, 2.75) is 11.7 Å². The fourth-order valence-corrected chi connectivity index (χ4v) is 3.50. The van der Waals surface area contributed by atoms with E-state index in [1.807, 2.05) is 12.1 Å². The number of amides is 1. The minimum atomic E-state index is 0.0835. The van der Waals surface area contributed by atoms with Crippen LogP contribution < -0.4 is 4.90 Å². The monoisotopic (exact) mass is 284 g/mol. The molecule has 1 atom stereocenters. The number of hydrogen-bond acceptors (Lipinski definition) is 4. The second kappa shape index (κ2) is 4.15. The maximum atomic E-state index is 11.8. The van der Waals surface area contributed by atoms with Crippen molar-refractivity contribution in [2.75, 3.05) is 11.4 Å². The van der Waals surface area contributed by atoms with E-state index >= 15 is 0 Å². The van der Waals surface area contributed by atoms with Crippen LogP contribution in [0.2, 0.25) is 5.02 Å². The number of benzene rings is 1.